The van der Waals surface area contributed by atoms with Gasteiger partial charge in [0.25, 0.3) is 0 Å². The lowest BCUT2D eigenvalue weighted by Gasteiger charge is -2.35. The number of carbonyl (C=O) groups is 1. The molecule has 0 N–H and O–H groups in total. The second-order valence-corrected chi connectivity index (χ2v) is 10.7. The van der Waals surface area contributed by atoms with E-state index >= 15 is 0 Å². The normalized spacial score (nSPS) is 16.7. The number of carbonyl (C=O) groups excluding carboxylic acids is 1. The van der Waals surface area contributed by atoms with E-state index in [1.165, 1.54) is 6.20 Å². The molecule has 0 saturated carbocycles. The van der Waals surface area contributed by atoms with Crippen molar-refractivity contribution < 1.29 is 17.9 Å². The number of sulfone groups is 1. The lowest BCUT2D eigenvalue weighted by Crippen LogP contribution is -2.40. The number of rotatable bonds is 5. The van der Waals surface area contributed by atoms with Crippen LogP contribution in [-0.4, -0.2) is 39.1 Å². The Bertz CT molecular complexity index is 1320. The summed E-state index contributed by atoms with van der Waals surface area (Å²) in [6.45, 7) is 9.06. The maximum absolute atomic E-state index is 13.8. The van der Waals surface area contributed by atoms with Crippen LogP contribution in [0.2, 0.25) is 0 Å². The first kappa shape index (κ1) is 23.2. The summed E-state index contributed by atoms with van der Waals surface area (Å²) in [5.74, 6) is -0.515. The molecule has 0 unspecified atom stereocenters. The maximum Gasteiger partial charge on any atom is 0.310 e. The van der Waals surface area contributed by atoms with Gasteiger partial charge in [0.15, 0.2) is 0 Å². The van der Waals surface area contributed by atoms with Gasteiger partial charge in [-0.1, -0.05) is 17.7 Å². The largest absolute Gasteiger partial charge is 0.466 e. The van der Waals surface area contributed by atoms with E-state index in [0.29, 0.717) is 25.4 Å². The Morgan fingerprint density at radius 3 is 2.64 bits per heavy atom. The quantitative estimate of drug-likeness (QED) is 0.504. The molecule has 1 fully saturated rings. The predicted molar refractivity (Wildman–Crippen MR) is 129 cm³/mol. The Labute approximate surface area is 195 Å². The van der Waals surface area contributed by atoms with E-state index in [4.69, 9.17) is 4.74 Å². The summed E-state index contributed by atoms with van der Waals surface area (Å²) in [6, 6.07) is 11.1. The molecule has 3 aromatic rings. The number of anilines is 1. The molecule has 0 aliphatic carbocycles. The number of benzene rings is 2. The van der Waals surface area contributed by atoms with E-state index in [9.17, 15) is 13.2 Å². The van der Waals surface area contributed by atoms with Crippen LogP contribution >= 0.6 is 0 Å². The summed E-state index contributed by atoms with van der Waals surface area (Å²) in [6.07, 6.45) is 2.98. The number of hydrogen-bond donors (Lipinski definition) is 0. The zero-order valence-corrected chi connectivity index (χ0v) is 20.4. The molecule has 0 amide bonds. The number of fused-ring (bicyclic) bond motifs is 1. The van der Waals surface area contributed by atoms with E-state index < -0.39 is 9.84 Å². The summed E-state index contributed by atoms with van der Waals surface area (Å²) in [7, 11) is -3.83. The summed E-state index contributed by atoms with van der Waals surface area (Å²) in [4.78, 5) is 19.4. The number of nitrogens with zero attached hydrogens (tertiary/aromatic N) is 2. The van der Waals surface area contributed by atoms with Crippen molar-refractivity contribution in [2.75, 3.05) is 24.6 Å². The number of esters is 1. The predicted octanol–water partition coefficient (Wildman–Crippen LogP) is 4.77. The highest BCUT2D eigenvalue weighted by molar-refractivity contribution is 7.91. The molecule has 7 heteroatoms. The zero-order chi connectivity index (χ0) is 23.8. The minimum Gasteiger partial charge on any atom is -0.466 e. The number of hydrogen-bond acceptors (Lipinski definition) is 6. The second-order valence-electron chi connectivity index (χ2n) is 8.78. The highest BCUT2D eigenvalue weighted by atomic mass is 32.2. The molecule has 2 aromatic carbocycles. The molecule has 1 aliphatic heterocycles. The van der Waals surface area contributed by atoms with Crippen molar-refractivity contribution in [3.8, 4) is 0 Å². The van der Waals surface area contributed by atoms with Gasteiger partial charge in [-0.3, -0.25) is 9.78 Å². The number of piperidine rings is 1. The number of pyridine rings is 1. The zero-order valence-electron chi connectivity index (χ0n) is 19.6. The van der Waals surface area contributed by atoms with Crippen molar-refractivity contribution in [3.63, 3.8) is 0 Å². The molecule has 1 aromatic heterocycles. The third kappa shape index (κ3) is 4.47. The fourth-order valence-corrected chi connectivity index (χ4v) is 5.96. The average molecular weight is 467 g/mol. The van der Waals surface area contributed by atoms with E-state index in [0.717, 1.165) is 40.4 Å². The topological polar surface area (TPSA) is 76.6 Å². The van der Waals surface area contributed by atoms with Crippen LogP contribution in [0.25, 0.3) is 10.9 Å². The summed E-state index contributed by atoms with van der Waals surface area (Å²) < 4.78 is 33.0. The van der Waals surface area contributed by atoms with Gasteiger partial charge >= 0.3 is 5.97 Å². The number of aryl methyl sites for hydroxylation is 3. The van der Waals surface area contributed by atoms with Crippen molar-refractivity contribution in [3.05, 3.63) is 59.3 Å². The molecule has 2 heterocycles. The Morgan fingerprint density at radius 2 is 1.91 bits per heavy atom. The van der Waals surface area contributed by atoms with Gasteiger partial charge in [0.05, 0.1) is 28.6 Å². The van der Waals surface area contributed by atoms with Gasteiger partial charge in [-0.15, -0.1) is 0 Å². The summed E-state index contributed by atoms with van der Waals surface area (Å²) in [5, 5.41) is 0.782. The lowest BCUT2D eigenvalue weighted by atomic mass is 9.97. The highest BCUT2D eigenvalue weighted by Gasteiger charge is 2.32. The monoisotopic (exact) mass is 466 g/mol. The smallest absolute Gasteiger partial charge is 0.310 e. The van der Waals surface area contributed by atoms with Gasteiger partial charge in [0, 0.05) is 24.7 Å². The van der Waals surface area contributed by atoms with Gasteiger partial charge in [-0.05, 0) is 75.9 Å². The van der Waals surface area contributed by atoms with Crippen molar-refractivity contribution in [2.24, 2.45) is 5.92 Å². The molecular formula is C26H30N2O4S. The van der Waals surface area contributed by atoms with E-state index in [2.05, 4.69) is 4.98 Å². The van der Waals surface area contributed by atoms with Crippen LogP contribution in [0.1, 0.15) is 36.5 Å². The van der Waals surface area contributed by atoms with Gasteiger partial charge in [-0.25, -0.2) is 8.42 Å². The number of ether oxygens (including phenoxy) is 1. The lowest BCUT2D eigenvalue weighted by molar-refractivity contribution is -0.148. The Hall–Kier alpha value is -2.93. The van der Waals surface area contributed by atoms with E-state index in [1.54, 1.807) is 19.1 Å². The maximum atomic E-state index is 13.8. The Morgan fingerprint density at radius 1 is 1.12 bits per heavy atom. The van der Waals surface area contributed by atoms with Crippen molar-refractivity contribution in [1.29, 1.82) is 0 Å². The van der Waals surface area contributed by atoms with Gasteiger partial charge < -0.3 is 9.64 Å². The fraction of sp³-hybridized carbons (Fsp3) is 0.385. The van der Waals surface area contributed by atoms with Gasteiger partial charge in [0.2, 0.25) is 9.84 Å². The molecule has 0 spiro atoms. The minimum atomic E-state index is -3.83. The summed E-state index contributed by atoms with van der Waals surface area (Å²) in [5.41, 5.74) is 4.33. The first-order valence-electron chi connectivity index (χ1n) is 11.4. The third-order valence-corrected chi connectivity index (χ3v) is 8.15. The summed E-state index contributed by atoms with van der Waals surface area (Å²) >= 11 is 0. The van der Waals surface area contributed by atoms with Gasteiger partial charge in [0.1, 0.15) is 4.90 Å². The van der Waals surface area contributed by atoms with E-state index in [-0.39, 0.29) is 21.7 Å². The van der Waals surface area contributed by atoms with Crippen LogP contribution in [-0.2, 0) is 19.4 Å². The van der Waals surface area contributed by atoms with Crippen LogP contribution in [0.4, 0.5) is 5.69 Å². The Kier molecular flexibility index (Phi) is 6.43. The van der Waals surface area contributed by atoms with Crippen molar-refractivity contribution in [1.82, 2.24) is 4.98 Å². The molecule has 1 saturated heterocycles. The number of aromatic nitrogens is 1. The first-order chi connectivity index (χ1) is 15.7. The second kappa shape index (κ2) is 9.14. The minimum absolute atomic E-state index is 0.174. The van der Waals surface area contributed by atoms with Crippen LogP contribution < -0.4 is 4.90 Å². The first-order valence-corrected chi connectivity index (χ1v) is 12.8. The molecule has 6 nitrogen and oxygen atoms in total. The highest BCUT2D eigenvalue weighted by Crippen LogP contribution is 2.38. The molecule has 4 rings (SSSR count). The standard InChI is InChI=1S/C26H30N2O4S/c1-5-32-26(29)20-7-6-12-28(16-20)25-22-13-17(2)8-11-23(22)27-15-24(25)33(30,31)21-10-9-18(3)19(4)14-21/h8-11,13-15,20H,5-7,12,16H2,1-4H3/t20-/m1/s1. The molecule has 0 bridgehead atoms. The Balaban J connectivity index is 1.90. The SMILES string of the molecule is CCOC(=O)[C@@H]1CCCN(c2c(S(=O)(=O)c3ccc(C)c(C)c3)cnc3ccc(C)cc23)C1. The molecule has 1 atom stereocenters. The molecule has 174 valence electrons. The van der Waals surface area contributed by atoms with Crippen LogP contribution in [0.3, 0.4) is 0 Å². The van der Waals surface area contributed by atoms with Crippen LogP contribution in [0.15, 0.2) is 52.4 Å². The average Bonchev–Trinajstić information content (AvgIpc) is 2.80. The molecule has 0 radical (unpaired) electrons. The molecule has 33 heavy (non-hydrogen) atoms. The van der Waals surface area contributed by atoms with Crippen molar-refractivity contribution >= 4 is 32.4 Å². The van der Waals surface area contributed by atoms with Gasteiger partial charge in [-0.2, -0.15) is 0 Å². The third-order valence-electron chi connectivity index (χ3n) is 6.40. The molecular weight excluding hydrogens is 436 g/mol. The van der Waals surface area contributed by atoms with Crippen LogP contribution in [0.5, 0.6) is 0 Å². The molecule has 1 aliphatic rings. The van der Waals surface area contributed by atoms with Crippen LogP contribution in [0, 0.1) is 26.7 Å². The van der Waals surface area contributed by atoms with E-state index in [1.807, 2.05) is 49.9 Å². The fourth-order valence-electron chi connectivity index (χ4n) is 4.44. The van der Waals surface area contributed by atoms with Crippen molar-refractivity contribution in [2.45, 2.75) is 50.3 Å².